The van der Waals surface area contributed by atoms with E-state index in [-0.39, 0.29) is 5.82 Å². The zero-order valence-corrected chi connectivity index (χ0v) is 12.7. The summed E-state index contributed by atoms with van der Waals surface area (Å²) in [5.41, 5.74) is 2.06. The smallest absolute Gasteiger partial charge is 0.171 e. The average Bonchev–Trinajstić information content (AvgIpc) is 2.48. The lowest BCUT2D eigenvalue weighted by Gasteiger charge is -2.12. The summed E-state index contributed by atoms with van der Waals surface area (Å²) in [5.74, 6) is 0.567. The van der Waals surface area contributed by atoms with E-state index in [1.807, 2.05) is 18.2 Å². The van der Waals surface area contributed by atoms with Gasteiger partial charge in [-0.3, -0.25) is 0 Å². The van der Waals surface area contributed by atoms with Gasteiger partial charge in [0.15, 0.2) is 5.11 Å². The molecule has 0 bridgehead atoms. The minimum Gasteiger partial charge on any atom is -0.362 e. The normalized spacial score (nSPS) is 10.2. The highest BCUT2D eigenvalue weighted by Gasteiger charge is 2.03. The summed E-state index contributed by atoms with van der Waals surface area (Å²) in [6.45, 7) is 2.71. The molecular weight excluding hydrogens is 285 g/mol. The average molecular weight is 303 g/mol. The Hall–Kier alpha value is -2.01. The fourth-order valence-corrected chi connectivity index (χ4v) is 2.20. The number of aryl methyl sites for hydroxylation is 1. The first-order valence-corrected chi connectivity index (χ1v) is 7.33. The van der Waals surface area contributed by atoms with Crippen LogP contribution in [0, 0.1) is 5.82 Å². The number of thiocarbonyl (C=S) groups is 1. The number of pyridine rings is 1. The molecule has 0 amide bonds. The van der Waals surface area contributed by atoms with Crippen molar-refractivity contribution in [1.29, 1.82) is 0 Å². The van der Waals surface area contributed by atoms with Crippen LogP contribution < -0.4 is 10.6 Å². The molecule has 1 aromatic heterocycles. The van der Waals surface area contributed by atoms with Gasteiger partial charge in [0, 0.05) is 12.7 Å². The predicted octanol–water partition coefficient (Wildman–Crippen LogP) is 3.31. The van der Waals surface area contributed by atoms with Crippen LogP contribution in [0.25, 0.3) is 0 Å². The summed E-state index contributed by atoms with van der Waals surface area (Å²) >= 11 is 5.25. The van der Waals surface area contributed by atoms with Crippen LogP contribution in [0.15, 0.2) is 42.6 Å². The monoisotopic (exact) mass is 303 g/mol. The molecule has 0 aliphatic heterocycles. The SMILES string of the molecule is CCc1cccnc1NC(=S)NCCc1cccc(F)c1. The maximum Gasteiger partial charge on any atom is 0.171 e. The summed E-state index contributed by atoms with van der Waals surface area (Å²) in [6.07, 6.45) is 3.33. The van der Waals surface area contributed by atoms with Crippen LogP contribution >= 0.6 is 12.2 Å². The molecular formula is C16H18FN3S. The molecule has 0 saturated carbocycles. The molecule has 3 nitrogen and oxygen atoms in total. The van der Waals surface area contributed by atoms with E-state index >= 15 is 0 Å². The van der Waals surface area contributed by atoms with Gasteiger partial charge in [-0.25, -0.2) is 9.37 Å². The van der Waals surface area contributed by atoms with Crippen molar-refractivity contribution in [3.63, 3.8) is 0 Å². The molecule has 0 fully saturated rings. The van der Waals surface area contributed by atoms with Gasteiger partial charge in [-0.2, -0.15) is 0 Å². The predicted molar refractivity (Wildman–Crippen MR) is 87.9 cm³/mol. The minimum atomic E-state index is -0.214. The van der Waals surface area contributed by atoms with Crippen molar-refractivity contribution in [1.82, 2.24) is 10.3 Å². The Morgan fingerprint density at radius 2 is 2.14 bits per heavy atom. The summed E-state index contributed by atoms with van der Waals surface area (Å²) in [6, 6.07) is 10.5. The zero-order valence-electron chi connectivity index (χ0n) is 11.9. The largest absolute Gasteiger partial charge is 0.362 e. The molecule has 5 heteroatoms. The zero-order chi connectivity index (χ0) is 15.1. The molecule has 0 radical (unpaired) electrons. The molecule has 2 aromatic rings. The van der Waals surface area contributed by atoms with Crippen LogP contribution in [0.2, 0.25) is 0 Å². The van der Waals surface area contributed by atoms with Gasteiger partial charge in [-0.15, -0.1) is 0 Å². The lowest BCUT2D eigenvalue weighted by Crippen LogP contribution is -2.30. The molecule has 0 unspecified atom stereocenters. The first-order chi connectivity index (χ1) is 10.2. The van der Waals surface area contributed by atoms with Crippen molar-refractivity contribution >= 4 is 23.1 Å². The second-order valence-corrected chi connectivity index (χ2v) is 5.03. The summed E-state index contributed by atoms with van der Waals surface area (Å²) < 4.78 is 13.1. The van der Waals surface area contributed by atoms with Gasteiger partial charge in [0.25, 0.3) is 0 Å². The third kappa shape index (κ3) is 4.79. The molecule has 2 rings (SSSR count). The lowest BCUT2D eigenvalue weighted by atomic mass is 10.1. The highest BCUT2D eigenvalue weighted by atomic mass is 32.1. The standard InChI is InChI=1S/C16H18FN3S/c1-2-13-6-4-9-18-15(13)20-16(21)19-10-8-12-5-3-7-14(17)11-12/h3-7,9,11H,2,8,10H2,1H3,(H2,18,19,20,21). The first-order valence-electron chi connectivity index (χ1n) is 6.92. The van der Waals surface area contributed by atoms with Crippen molar-refractivity contribution in [3.8, 4) is 0 Å². The van der Waals surface area contributed by atoms with Crippen LogP contribution in [0.3, 0.4) is 0 Å². The van der Waals surface area contributed by atoms with Gasteiger partial charge >= 0.3 is 0 Å². The van der Waals surface area contributed by atoms with E-state index in [2.05, 4.69) is 22.5 Å². The topological polar surface area (TPSA) is 37.0 Å². The van der Waals surface area contributed by atoms with Crippen LogP contribution in [0.5, 0.6) is 0 Å². The summed E-state index contributed by atoms with van der Waals surface area (Å²) in [4.78, 5) is 4.28. The van der Waals surface area contributed by atoms with Crippen molar-refractivity contribution in [2.24, 2.45) is 0 Å². The van der Waals surface area contributed by atoms with E-state index in [1.165, 1.54) is 12.1 Å². The number of hydrogen-bond donors (Lipinski definition) is 2. The van der Waals surface area contributed by atoms with E-state index in [1.54, 1.807) is 12.3 Å². The number of anilines is 1. The Morgan fingerprint density at radius 1 is 1.29 bits per heavy atom. The second kappa shape index (κ2) is 7.69. The fourth-order valence-electron chi connectivity index (χ4n) is 2.00. The maximum absolute atomic E-state index is 13.1. The third-order valence-electron chi connectivity index (χ3n) is 3.09. The molecule has 21 heavy (non-hydrogen) atoms. The van der Waals surface area contributed by atoms with E-state index in [9.17, 15) is 4.39 Å². The molecule has 2 N–H and O–H groups in total. The summed E-state index contributed by atoms with van der Waals surface area (Å²) in [5, 5.41) is 6.73. The van der Waals surface area contributed by atoms with Crippen molar-refractivity contribution in [2.75, 3.05) is 11.9 Å². The van der Waals surface area contributed by atoms with Crippen LogP contribution in [0.4, 0.5) is 10.2 Å². The summed E-state index contributed by atoms with van der Waals surface area (Å²) in [7, 11) is 0. The van der Waals surface area contributed by atoms with E-state index in [4.69, 9.17) is 12.2 Å². The number of nitrogens with one attached hydrogen (secondary N) is 2. The minimum absolute atomic E-state index is 0.214. The number of halogens is 1. The number of rotatable bonds is 5. The van der Waals surface area contributed by atoms with E-state index < -0.39 is 0 Å². The molecule has 0 atom stereocenters. The molecule has 0 aliphatic carbocycles. The molecule has 1 aromatic carbocycles. The highest BCUT2D eigenvalue weighted by Crippen LogP contribution is 2.11. The van der Waals surface area contributed by atoms with E-state index in [0.717, 1.165) is 23.4 Å². The molecule has 1 heterocycles. The Kier molecular flexibility index (Phi) is 5.63. The Balaban J connectivity index is 1.82. The van der Waals surface area contributed by atoms with E-state index in [0.29, 0.717) is 18.1 Å². The first kappa shape index (κ1) is 15.4. The van der Waals surface area contributed by atoms with Crippen LogP contribution in [-0.4, -0.2) is 16.6 Å². The fraction of sp³-hybridized carbons (Fsp3) is 0.250. The van der Waals surface area contributed by atoms with Crippen LogP contribution in [-0.2, 0) is 12.8 Å². The molecule has 0 spiro atoms. The second-order valence-electron chi connectivity index (χ2n) is 4.63. The highest BCUT2D eigenvalue weighted by molar-refractivity contribution is 7.80. The quantitative estimate of drug-likeness (QED) is 0.831. The Labute approximate surface area is 129 Å². The van der Waals surface area contributed by atoms with Crippen molar-refractivity contribution in [2.45, 2.75) is 19.8 Å². The van der Waals surface area contributed by atoms with Gasteiger partial charge in [0.05, 0.1) is 0 Å². The van der Waals surface area contributed by atoms with Gasteiger partial charge in [0.1, 0.15) is 11.6 Å². The van der Waals surface area contributed by atoms with Gasteiger partial charge in [-0.1, -0.05) is 25.1 Å². The number of benzene rings is 1. The molecule has 110 valence electrons. The van der Waals surface area contributed by atoms with Gasteiger partial charge < -0.3 is 10.6 Å². The van der Waals surface area contributed by atoms with Gasteiger partial charge in [-0.05, 0) is 54.4 Å². The van der Waals surface area contributed by atoms with Crippen LogP contribution in [0.1, 0.15) is 18.1 Å². The number of hydrogen-bond acceptors (Lipinski definition) is 2. The molecule has 0 aliphatic rings. The number of aromatic nitrogens is 1. The van der Waals surface area contributed by atoms with Crippen molar-refractivity contribution < 1.29 is 4.39 Å². The maximum atomic E-state index is 13.1. The third-order valence-corrected chi connectivity index (χ3v) is 3.34. The molecule has 0 saturated heterocycles. The van der Waals surface area contributed by atoms with Crippen molar-refractivity contribution in [3.05, 3.63) is 59.5 Å². The Bertz CT molecular complexity index is 616. The number of nitrogens with zero attached hydrogens (tertiary/aromatic N) is 1. The lowest BCUT2D eigenvalue weighted by molar-refractivity contribution is 0.625. The Morgan fingerprint density at radius 3 is 2.90 bits per heavy atom. The van der Waals surface area contributed by atoms with Gasteiger partial charge in [0.2, 0.25) is 0 Å².